The number of nitrogens with zero attached hydrogens (tertiary/aromatic N) is 3. The number of alkyl halides is 3. The van der Waals surface area contributed by atoms with Crippen LogP contribution in [0, 0.1) is 0 Å². The Morgan fingerprint density at radius 1 is 1.32 bits per heavy atom. The third kappa shape index (κ3) is 5.66. The quantitative estimate of drug-likeness (QED) is 0.768. The maximum Gasteiger partial charge on any atom is 0.471 e. The molecule has 1 saturated heterocycles. The molecule has 11 heteroatoms. The van der Waals surface area contributed by atoms with E-state index < -0.39 is 35.5 Å². The number of hydrogen-bond acceptors (Lipinski definition) is 7. The van der Waals surface area contributed by atoms with Gasteiger partial charge in [-0.3, -0.25) is 0 Å². The van der Waals surface area contributed by atoms with Crippen molar-refractivity contribution in [3.05, 3.63) is 30.2 Å². The fourth-order valence-corrected chi connectivity index (χ4v) is 3.15. The van der Waals surface area contributed by atoms with Crippen molar-refractivity contribution in [1.29, 1.82) is 0 Å². The first-order chi connectivity index (χ1) is 14.2. The number of carbonyl (C=O) groups excluding carboxylic acids is 1. The number of amides is 1. The van der Waals surface area contributed by atoms with Gasteiger partial charge >= 0.3 is 18.2 Å². The van der Waals surface area contributed by atoms with Crippen LogP contribution in [0.5, 0.6) is 5.75 Å². The van der Waals surface area contributed by atoms with Crippen LogP contribution in [-0.2, 0) is 10.9 Å². The van der Waals surface area contributed by atoms with Crippen molar-refractivity contribution in [2.24, 2.45) is 0 Å². The first kappa shape index (κ1) is 22.9. The molecule has 0 bridgehead atoms. The Morgan fingerprint density at radius 2 is 2.03 bits per heavy atom. The molecule has 170 valence electrons. The van der Waals surface area contributed by atoms with Crippen molar-refractivity contribution in [2.45, 2.75) is 57.6 Å². The Morgan fingerprint density at radius 3 is 2.61 bits per heavy atom. The molecule has 0 unspecified atom stereocenters. The molecular formula is C20H24F3N3O5. The number of rotatable bonds is 3. The van der Waals surface area contributed by atoms with Crippen molar-refractivity contribution in [3.8, 4) is 17.1 Å². The second kappa shape index (κ2) is 8.03. The van der Waals surface area contributed by atoms with Gasteiger partial charge in [-0.2, -0.15) is 18.2 Å². The number of ether oxygens (including phenoxy) is 2. The number of likely N-dealkylation sites (tertiary alicyclic amines) is 1. The molecule has 0 aliphatic carbocycles. The predicted molar refractivity (Wildman–Crippen MR) is 102 cm³/mol. The second-order valence-electron chi connectivity index (χ2n) is 8.60. The molecule has 1 N–H and O–H groups in total. The number of hydrogen-bond donors (Lipinski definition) is 1. The molecule has 0 spiro atoms. The molecule has 1 aromatic carbocycles. The highest BCUT2D eigenvalue weighted by Gasteiger charge is 2.42. The standard InChI is InChI=1S/C20H24F3N3O5/c1-18(2,3)30-17(27)26-9-8-14(19(4,28)11-26)29-13-7-5-6-12(10-13)15-24-16(31-25-15)20(21,22)23/h5-7,10,14,28H,8-9,11H2,1-4H3/t14-,19-/m0/s1. The van der Waals surface area contributed by atoms with E-state index in [2.05, 4.69) is 14.7 Å². The van der Waals surface area contributed by atoms with Crippen LogP contribution in [0.4, 0.5) is 18.0 Å². The molecule has 1 amide bonds. The highest BCUT2D eigenvalue weighted by atomic mass is 19.4. The summed E-state index contributed by atoms with van der Waals surface area (Å²) in [6.45, 7) is 7.14. The summed E-state index contributed by atoms with van der Waals surface area (Å²) in [6, 6.07) is 6.14. The molecule has 1 fully saturated rings. The Hall–Kier alpha value is -2.82. The Kier molecular flexibility index (Phi) is 5.92. The minimum atomic E-state index is -4.74. The number of benzene rings is 1. The van der Waals surface area contributed by atoms with Gasteiger partial charge in [-0.15, -0.1) is 0 Å². The predicted octanol–water partition coefficient (Wildman–Crippen LogP) is 3.89. The van der Waals surface area contributed by atoms with Gasteiger partial charge in [0.05, 0.1) is 6.54 Å². The zero-order valence-electron chi connectivity index (χ0n) is 17.6. The van der Waals surface area contributed by atoms with Crippen LogP contribution in [0.1, 0.15) is 40.0 Å². The van der Waals surface area contributed by atoms with Gasteiger partial charge in [-0.25, -0.2) is 4.79 Å². The first-order valence-electron chi connectivity index (χ1n) is 9.63. The molecule has 0 radical (unpaired) electrons. The molecule has 1 aliphatic rings. The van der Waals surface area contributed by atoms with Gasteiger partial charge in [0.15, 0.2) is 0 Å². The van der Waals surface area contributed by atoms with Gasteiger partial charge < -0.3 is 24.0 Å². The summed E-state index contributed by atoms with van der Waals surface area (Å²) >= 11 is 0. The lowest BCUT2D eigenvalue weighted by Crippen LogP contribution is -2.58. The molecule has 2 heterocycles. The third-order valence-corrected chi connectivity index (χ3v) is 4.56. The smallest absolute Gasteiger partial charge is 0.471 e. The van der Waals surface area contributed by atoms with Crippen LogP contribution < -0.4 is 4.74 Å². The van der Waals surface area contributed by atoms with Crippen LogP contribution in [-0.4, -0.2) is 56.6 Å². The van der Waals surface area contributed by atoms with Crippen LogP contribution in [0.3, 0.4) is 0 Å². The molecule has 1 aliphatic heterocycles. The monoisotopic (exact) mass is 443 g/mol. The van der Waals surface area contributed by atoms with E-state index in [9.17, 15) is 23.1 Å². The van der Waals surface area contributed by atoms with Crippen LogP contribution in [0.25, 0.3) is 11.4 Å². The Labute approximate surface area is 176 Å². The maximum atomic E-state index is 12.7. The number of aliphatic hydroxyl groups is 1. The molecule has 0 saturated carbocycles. The summed E-state index contributed by atoms with van der Waals surface area (Å²) in [7, 11) is 0. The highest BCUT2D eigenvalue weighted by molar-refractivity contribution is 5.68. The Balaban J connectivity index is 1.70. The van der Waals surface area contributed by atoms with Gasteiger partial charge in [0.2, 0.25) is 5.82 Å². The molecule has 8 nitrogen and oxygen atoms in total. The number of halogens is 3. The number of piperidine rings is 1. The lowest BCUT2D eigenvalue weighted by Gasteiger charge is -2.42. The minimum Gasteiger partial charge on any atom is -0.487 e. The summed E-state index contributed by atoms with van der Waals surface area (Å²) < 4.78 is 53.6. The fourth-order valence-electron chi connectivity index (χ4n) is 3.15. The topological polar surface area (TPSA) is 97.9 Å². The molecule has 2 atom stereocenters. The van der Waals surface area contributed by atoms with Crippen molar-refractivity contribution < 1.29 is 37.1 Å². The largest absolute Gasteiger partial charge is 0.487 e. The van der Waals surface area contributed by atoms with E-state index in [1.807, 2.05) is 0 Å². The normalized spacial score (nSPS) is 22.3. The fraction of sp³-hybridized carbons (Fsp3) is 0.550. The van der Waals surface area contributed by atoms with Crippen molar-refractivity contribution in [2.75, 3.05) is 13.1 Å². The van der Waals surface area contributed by atoms with E-state index in [0.29, 0.717) is 18.7 Å². The zero-order chi connectivity index (χ0) is 23.0. The zero-order valence-corrected chi connectivity index (χ0v) is 17.6. The number of aromatic nitrogens is 2. The van der Waals surface area contributed by atoms with E-state index in [1.54, 1.807) is 39.8 Å². The van der Waals surface area contributed by atoms with Crippen LogP contribution >= 0.6 is 0 Å². The molecule has 2 aromatic rings. The first-order valence-corrected chi connectivity index (χ1v) is 9.63. The summed E-state index contributed by atoms with van der Waals surface area (Å²) in [6.07, 6.45) is -5.58. The molecule has 3 rings (SSSR count). The van der Waals surface area contributed by atoms with E-state index in [-0.39, 0.29) is 17.9 Å². The van der Waals surface area contributed by atoms with Gasteiger partial charge in [0.25, 0.3) is 0 Å². The maximum absolute atomic E-state index is 12.7. The molecular weight excluding hydrogens is 419 g/mol. The third-order valence-electron chi connectivity index (χ3n) is 4.56. The van der Waals surface area contributed by atoms with Gasteiger partial charge in [0.1, 0.15) is 23.1 Å². The summed E-state index contributed by atoms with van der Waals surface area (Å²) in [5.41, 5.74) is -1.76. The van der Waals surface area contributed by atoms with Crippen molar-refractivity contribution >= 4 is 6.09 Å². The van der Waals surface area contributed by atoms with Crippen LogP contribution in [0.2, 0.25) is 0 Å². The summed E-state index contributed by atoms with van der Waals surface area (Å²) in [5, 5.41) is 14.2. The van der Waals surface area contributed by atoms with E-state index >= 15 is 0 Å². The van der Waals surface area contributed by atoms with E-state index in [0.717, 1.165) is 0 Å². The molecule has 31 heavy (non-hydrogen) atoms. The van der Waals surface area contributed by atoms with Crippen molar-refractivity contribution in [3.63, 3.8) is 0 Å². The van der Waals surface area contributed by atoms with Crippen molar-refractivity contribution in [1.82, 2.24) is 15.0 Å². The SMILES string of the molecule is CC(C)(C)OC(=O)N1CC[C@H](Oc2cccc(-c3noc(C(F)(F)F)n3)c2)[C@@](C)(O)C1. The number of β-amino-alcohol motifs (C(OH)–C–C–N with tert-alkyl or cyclic N) is 1. The summed E-state index contributed by atoms with van der Waals surface area (Å²) in [5.74, 6) is -1.36. The van der Waals surface area contributed by atoms with Gasteiger partial charge in [0, 0.05) is 18.5 Å². The summed E-state index contributed by atoms with van der Waals surface area (Å²) in [4.78, 5) is 17.1. The average Bonchev–Trinajstić information content (AvgIpc) is 3.12. The van der Waals surface area contributed by atoms with Gasteiger partial charge in [-0.05, 0) is 39.8 Å². The van der Waals surface area contributed by atoms with Gasteiger partial charge in [-0.1, -0.05) is 17.3 Å². The number of carbonyl (C=O) groups is 1. The lowest BCUT2D eigenvalue weighted by atomic mass is 9.91. The molecule has 1 aromatic heterocycles. The lowest BCUT2D eigenvalue weighted by molar-refractivity contribution is -0.159. The minimum absolute atomic E-state index is 0.00601. The second-order valence-corrected chi connectivity index (χ2v) is 8.60. The Bertz CT molecular complexity index is 937. The van der Waals surface area contributed by atoms with Crippen LogP contribution in [0.15, 0.2) is 28.8 Å². The van der Waals surface area contributed by atoms with E-state index in [1.165, 1.54) is 17.0 Å². The highest BCUT2D eigenvalue weighted by Crippen LogP contribution is 2.32. The van der Waals surface area contributed by atoms with E-state index in [4.69, 9.17) is 9.47 Å². The average molecular weight is 443 g/mol.